The van der Waals surface area contributed by atoms with Gasteiger partial charge in [0.1, 0.15) is 0 Å². The normalized spacial score (nSPS) is 18.2. The average Bonchev–Trinajstić information content (AvgIpc) is 2.12. The van der Waals surface area contributed by atoms with Crippen molar-refractivity contribution in [3.8, 4) is 0 Å². The van der Waals surface area contributed by atoms with Crippen LogP contribution in [0, 0.1) is 0 Å². The van der Waals surface area contributed by atoms with E-state index in [1.807, 2.05) is 0 Å². The fourth-order valence-corrected chi connectivity index (χ4v) is 1.58. The van der Waals surface area contributed by atoms with E-state index in [-0.39, 0.29) is 17.0 Å². The second-order valence-corrected chi connectivity index (χ2v) is 3.82. The lowest BCUT2D eigenvalue weighted by molar-refractivity contribution is 1.44. The molecule has 1 fully saturated rings. The molecule has 0 spiro atoms. The van der Waals surface area contributed by atoms with Crippen LogP contribution in [0.1, 0.15) is 12.8 Å². The van der Waals surface area contributed by atoms with E-state index in [1.165, 1.54) is 4.05 Å². The lowest BCUT2D eigenvalue weighted by atomic mass is 11.0. The summed E-state index contributed by atoms with van der Waals surface area (Å²) in [6.45, 7) is 0. The predicted molar refractivity (Wildman–Crippen MR) is 34.9 cm³/mol. The van der Waals surface area contributed by atoms with Gasteiger partial charge in [-0.05, 0) is 0 Å². The van der Waals surface area contributed by atoms with Crippen LogP contribution < -0.4 is 0 Å². The highest BCUT2D eigenvalue weighted by Gasteiger charge is 2.18. The van der Waals surface area contributed by atoms with Crippen molar-refractivity contribution in [2.24, 2.45) is 0 Å². The quantitative estimate of drug-likeness (QED) is 0.515. The molecule has 0 nitrogen and oxygen atoms in total. The first kappa shape index (κ1) is 7.25. The lowest BCUT2D eigenvalue weighted by Crippen LogP contribution is -1.71. The molecule has 0 amide bonds. The van der Waals surface area contributed by atoms with Crippen molar-refractivity contribution < 1.29 is 0 Å². The van der Waals surface area contributed by atoms with Gasteiger partial charge in [0.05, 0.1) is 0 Å². The summed E-state index contributed by atoms with van der Waals surface area (Å²) in [6, 6.07) is 0. The number of hydrogen-bond donors (Lipinski definition) is 0. The molecular formula is C4H9BrMg. The Bertz CT molecular complexity index is 34.5. The summed E-state index contributed by atoms with van der Waals surface area (Å²) in [5.41, 5.74) is 0. The van der Waals surface area contributed by atoms with E-state index in [0.717, 1.165) is 0 Å². The van der Waals surface area contributed by atoms with Crippen molar-refractivity contribution in [2.45, 2.75) is 21.9 Å². The van der Waals surface area contributed by atoms with Crippen molar-refractivity contribution in [1.29, 1.82) is 0 Å². The summed E-state index contributed by atoms with van der Waals surface area (Å²) < 4.78 is 1.27. The summed E-state index contributed by atoms with van der Waals surface area (Å²) in [7, 11) is 0. The van der Waals surface area contributed by atoms with E-state index in [0.29, 0.717) is 20.4 Å². The maximum atomic E-state index is 2.40. The predicted octanol–water partition coefficient (Wildman–Crippen LogP) is 1.90. The van der Waals surface area contributed by atoms with Crippen molar-refractivity contribution in [3.63, 3.8) is 0 Å². The molecule has 0 unspecified atom stereocenters. The van der Waals surface area contributed by atoms with Crippen LogP contribution in [-0.4, -0.2) is 20.4 Å². The first-order valence-electron chi connectivity index (χ1n) is 2.43. The summed E-state index contributed by atoms with van der Waals surface area (Å²) >= 11 is 0.460. The van der Waals surface area contributed by atoms with Crippen LogP contribution in [0.5, 0.6) is 0 Å². The van der Waals surface area contributed by atoms with Gasteiger partial charge >= 0.3 is 20.4 Å². The monoisotopic (exact) mass is 160 g/mol. The summed E-state index contributed by atoms with van der Waals surface area (Å²) in [4.78, 5) is 0. The molecule has 0 aliphatic heterocycles. The Morgan fingerprint density at radius 2 is 2.00 bits per heavy atom. The topological polar surface area (TPSA) is 0 Å². The van der Waals surface area contributed by atoms with Gasteiger partial charge in [0.25, 0.3) is 0 Å². The second-order valence-electron chi connectivity index (χ2n) is 1.85. The fraction of sp³-hybridized carbons (Fsp3) is 1.00. The SMILES string of the molecule is Br.[CH3][Mg][CH]1CC1. The summed E-state index contributed by atoms with van der Waals surface area (Å²) in [5.74, 6) is 0. The molecule has 0 saturated heterocycles. The summed E-state index contributed by atoms with van der Waals surface area (Å²) in [6.07, 6.45) is 3.14. The Morgan fingerprint density at radius 3 is 2.00 bits per heavy atom. The minimum absolute atomic E-state index is 0. The lowest BCUT2D eigenvalue weighted by Gasteiger charge is -1.65. The highest BCUT2D eigenvalue weighted by Crippen LogP contribution is 2.34. The molecule has 0 bridgehead atoms. The third-order valence-corrected chi connectivity index (χ3v) is 3.25. The average molecular weight is 161 g/mol. The zero-order valence-electron chi connectivity index (χ0n) is 4.11. The molecule has 0 N–H and O–H groups in total. The Kier molecular flexibility index (Phi) is 3.95. The van der Waals surface area contributed by atoms with Gasteiger partial charge in [-0.3, -0.25) is 0 Å². The molecule has 0 aromatic carbocycles. The molecule has 1 saturated carbocycles. The first-order valence-corrected chi connectivity index (χ1v) is 4.66. The van der Waals surface area contributed by atoms with Gasteiger partial charge in [-0.25, -0.2) is 0 Å². The maximum absolute atomic E-state index is 2.40. The molecule has 0 aromatic heterocycles. The van der Waals surface area contributed by atoms with E-state index in [4.69, 9.17) is 0 Å². The molecule has 0 heterocycles. The van der Waals surface area contributed by atoms with Crippen LogP contribution in [0.3, 0.4) is 0 Å². The molecule has 1 aliphatic carbocycles. The Labute approximate surface area is 59.2 Å². The fourth-order valence-electron chi connectivity index (χ4n) is 0.526. The van der Waals surface area contributed by atoms with Gasteiger partial charge in [0.15, 0.2) is 0 Å². The molecule has 1 aliphatic rings. The molecular weight excluding hydrogens is 152 g/mol. The van der Waals surface area contributed by atoms with Gasteiger partial charge in [-0.2, -0.15) is 5.05 Å². The second kappa shape index (κ2) is 3.27. The molecule has 0 aromatic rings. The Balaban J connectivity index is 0.000000250. The van der Waals surface area contributed by atoms with Crippen molar-refractivity contribution in [1.82, 2.24) is 0 Å². The van der Waals surface area contributed by atoms with Gasteiger partial charge < -0.3 is 0 Å². The molecule has 0 atom stereocenters. The Morgan fingerprint density at radius 1 is 1.50 bits per heavy atom. The molecule has 34 valence electrons. The van der Waals surface area contributed by atoms with Crippen LogP contribution >= 0.6 is 17.0 Å². The smallest absolute Gasteiger partial charge is 0.157 e. The van der Waals surface area contributed by atoms with Crippen molar-refractivity contribution in [2.75, 3.05) is 0 Å². The Hall–Kier alpha value is 1.25. The molecule has 6 heavy (non-hydrogen) atoms. The molecule has 2 heteroatoms. The van der Waals surface area contributed by atoms with Gasteiger partial charge in [0.2, 0.25) is 0 Å². The number of halogens is 1. The minimum Gasteiger partial charge on any atom is -0.157 e. The highest BCUT2D eigenvalue weighted by molar-refractivity contribution is 8.93. The van der Waals surface area contributed by atoms with E-state index in [9.17, 15) is 0 Å². The van der Waals surface area contributed by atoms with Crippen LogP contribution in [-0.2, 0) is 0 Å². The van der Waals surface area contributed by atoms with Crippen molar-refractivity contribution >= 4 is 37.3 Å². The van der Waals surface area contributed by atoms with Crippen LogP contribution in [0.15, 0.2) is 0 Å². The largest absolute Gasteiger partial charge is 0.364 e. The van der Waals surface area contributed by atoms with E-state index < -0.39 is 0 Å². The van der Waals surface area contributed by atoms with Gasteiger partial charge in [-0.15, -0.1) is 21.0 Å². The van der Waals surface area contributed by atoms with Crippen molar-refractivity contribution in [3.05, 3.63) is 0 Å². The number of rotatable bonds is 1. The number of hydrogen-bond acceptors (Lipinski definition) is 0. The third-order valence-electron chi connectivity index (χ3n) is 1.27. The van der Waals surface area contributed by atoms with Crippen LogP contribution in [0.2, 0.25) is 9.10 Å². The van der Waals surface area contributed by atoms with Crippen LogP contribution in [0.4, 0.5) is 0 Å². The van der Waals surface area contributed by atoms with E-state index in [1.54, 1.807) is 12.8 Å². The minimum atomic E-state index is 0. The summed E-state index contributed by atoms with van der Waals surface area (Å²) in [5, 5.41) is 2.40. The van der Waals surface area contributed by atoms with Gasteiger partial charge in [-0.1, -0.05) is 12.8 Å². The first-order chi connectivity index (χ1) is 2.43. The zero-order valence-corrected chi connectivity index (χ0v) is 7.23. The standard InChI is InChI=1S/C3H5.CH3.BrH.Mg/c1-2-3-1;;;/h1H,2-3H2;1H3;1H;. The van der Waals surface area contributed by atoms with E-state index >= 15 is 0 Å². The zero-order chi connectivity index (χ0) is 3.70. The highest BCUT2D eigenvalue weighted by atomic mass is 79.9. The molecule has 1 rings (SSSR count). The van der Waals surface area contributed by atoms with Gasteiger partial charge in [0, 0.05) is 0 Å². The van der Waals surface area contributed by atoms with Crippen LogP contribution in [0.25, 0.3) is 0 Å². The third kappa shape index (κ3) is 2.42. The maximum Gasteiger partial charge on any atom is 0.364 e. The molecule has 0 radical (unpaired) electrons. The van der Waals surface area contributed by atoms with E-state index in [2.05, 4.69) is 5.05 Å².